The molecule has 0 fully saturated rings. The van der Waals surface area contributed by atoms with Crippen LogP contribution in [0.3, 0.4) is 0 Å². The second kappa shape index (κ2) is 6.48. The molecule has 19 heavy (non-hydrogen) atoms. The van der Waals surface area contributed by atoms with Gasteiger partial charge in [0.2, 0.25) is 0 Å². The molecule has 100 valence electrons. The van der Waals surface area contributed by atoms with E-state index in [1.54, 1.807) is 6.20 Å². The van der Waals surface area contributed by atoms with E-state index < -0.39 is 0 Å². The molecule has 1 aromatic carbocycles. The SMILES string of the molecule is Cc1cc(Br)cc(CBr)c1OCc1cncc(F)c1. The summed E-state index contributed by atoms with van der Waals surface area (Å²) >= 11 is 6.90. The van der Waals surface area contributed by atoms with E-state index in [1.165, 1.54) is 12.3 Å². The number of aryl methyl sites for hydroxylation is 1. The van der Waals surface area contributed by atoms with E-state index in [0.717, 1.165) is 21.3 Å². The average Bonchev–Trinajstić information content (AvgIpc) is 2.37. The zero-order valence-corrected chi connectivity index (χ0v) is 13.5. The Morgan fingerprint density at radius 2 is 2.05 bits per heavy atom. The van der Waals surface area contributed by atoms with E-state index in [9.17, 15) is 4.39 Å². The molecule has 0 aliphatic carbocycles. The number of alkyl halides is 1. The molecule has 2 aromatic rings. The standard InChI is InChI=1S/C14H12Br2FNO/c1-9-2-12(16)4-11(5-15)14(9)19-8-10-3-13(17)7-18-6-10/h2-4,6-7H,5,8H2,1H3. The zero-order chi connectivity index (χ0) is 13.8. The maximum Gasteiger partial charge on any atom is 0.141 e. The first kappa shape index (κ1) is 14.5. The summed E-state index contributed by atoms with van der Waals surface area (Å²) in [5.74, 6) is 0.471. The Bertz CT molecular complexity index is 590. The second-order valence-electron chi connectivity index (χ2n) is 4.14. The van der Waals surface area contributed by atoms with Crippen LogP contribution < -0.4 is 4.74 Å². The summed E-state index contributed by atoms with van der Waals surface area (Å²) in [5, 5.41) is 0.698. The predicted octanol–water partition coefficient (Wildman–Crippen LogP) is 4.77. The number of pyridine rings is 1. The van der Waals surface area contributed by atoms with Gasteiger partial charge in [-0.05, 0) is 30.7 Å². The van der Waals surface area contributed by atoms with Gasteiger partial charge >= 0.3 is 0 Å². The van der Waals surface area contributed by atoms with Crippen LogP contribution in [0.2, 0.25) is 0 Å². The van der Waals surface area contributed by atoms with Gasteiger partial charge in [-0.15, -0.1) is 0 Å². The molecule has 2 rings (SSSR count). The third-order valence-corrected chi connectivity index (χ3v) is 3.67. The monoisotopic (exact) mass is 387 g/mol. The van der Waals surface area contributed by atoms with Crippen LogP contribution in [-0.4, -0.2) is 4.98 Å². The number of hydrogen-bond acceptors (Lipinski definition) is 2. The molecule has 0 bridgehead atoms. The van der Waals surface area contributed by atoms with E-state index in [1.807, 2.05) is 19.1 Å². The van der Waals surface area contributed by atoms with Crippen LogP contribution in [0.4, 0.5) is 4.39 Å². The fraction of sp³-hybridized carbons (Fsp3) is 0.214. The van der Waals surface area contributed by atoms with Crippen molar-refractivity contribution in [2.24, 2.45) is 0 Å². The number of nitrogens with zero attached hydrogens (tertiary/aromatic N) is 1. The fourth-order valence-electron chi connectivity index (χ4n) is 1.80. The average molecular weight is 389 g/mol. The number of hydrogen-bond donors (Lipinski definition) is 0. The highest BCUT2D eigenvalue weighted by atomic mass is 79.9. The summed E-state index contributed by atoms with van der Waals surface area (Å²) in [4.78, 5) is 3.80. The van der Waals surface area contributed by atoms with Crippen molar-refractivity contribution in [2.45, 2.75) is 18.9 Å². The first-order chi connectivity index (χ1) is 9.10. The smallest absolute Gasteiger partial charge is 0.141 e. The van der Waals surface area contributed by atoms with Crippen molar-refractivity contribution in [1.29, 1.82) is 0 Å². The molecule has 0 radical (unpaired) electrons. The molecule has 0 saturated heterocycles. The van der Waals surface area contributed by atoms with Crippen molar-refractivity contribution in [2.75, 3.05) is 0 Å². The quantitative estimate of drug-likeness (QED) is 0.704. The lowest BCUT2D eigenvalue weighted by Gasteiger charge is -2.13. The van der Waals surface area contributed by atoms with Gasteiger partial charge in [0, 0.05) is 27.1 Å². The molecule has 0 amide bonds. The van der Waals surface area contributed by atoms with Crippen molar-refractivity contribution in [3.63, 3.8) is 0 Å². The second-order valence-corrected chi connectivity index (χ2v) is 5.62. The van der Waals surface area contributed by atoms with Crippen molar-refractivity contribution in [3.8, 4) is 5.75 Å². The third kappa shape index (κ3) is 3.76. The lowest BCUT2D eigenvalue weighted by Crippen LogP contribution is -2.01. The number of ether oxygens (including phenoxy) is 1. The van der Waals surface area contributed by atoms with Gasteiger partial charge in [0.1, 0.15) is 18.2 Å². The van der Waals surface area contributed by atoms with Gasteiger partial charge in [-0.2, -0.15) is 0 Å². The topological polar surface area (TPSA) is 22.1 Å². The van der Waals surface area contributed by atoms with Gasteiger partial charge in [-0.1, -0.05) is 31.9 Å². The van der Waals surface area contributed by atoms with E-state index in [2.05, 4.69) is 36.8 Å². The normalized spacial score (nSPS) is 10.5. The van der Waals surface area contributed by atoms with Crippen molar-refractivity contribution in [3.05, 3.63) is 57.6 Å². The third-order valence-electron chi connectivity index (χ3n) is 2.60. The molecule has 2 nitrogen and oxygen atoms in total. The van der Waals surface area contributed by atoms with Gasteiger partial charge in [-0.3, -0.25) is 4.98 Å². The molecule has 0 atom stereocenters. The maximum atomic E-state index is 13.0. The van der Waals surface area contributed by atoms with Crippen LogP contribution in [-0.2, 0) is 11.9 Å². The summed E-state index contributed by atoms with van der Waals surface area (Å²) in [6.45, 7) is 2.28. The molecular weight excluding hydrogens is 377 g/mol. The highest BCUT2D eigenvalue weighted by Gasteiger charge is 2.09. The number of aromatic nitrogens is 1. The molecule has 0 aliphatic heterocycles. The largest absolute Gasteiger partial charge is 0.488 e. The lowest BCUT2D eigenvalue weighted by molar-refractivity contribution is 0.300. The van der Waals surface area contributed by atoms with Gasteiger partial charge < -0.3 is 4.74 Å². The van der Waals surface area contributed by atoms with E-state index in [-0.39, 0.29) is 5.82 Å². The Balaban J connectivity index is 2.19. The Labute approximate surface area is 128 Å². The summed E-state index contributed by atoms with van der Waals surface area (Å²) in [6.07, 6.45) is 2.78. The maximum absolute atomic E-state index is 13.0. The van der Waals surface area contributed by atoms with Crippen molar-refractivity contribution < 1.29 is 9.13 Å². The molecule has 1 aromatic heterocycles. The highest BCUT2D eigenvalue weighted by molar-refractivity contribution is 9.10. The van der Waals surface area contributed by atoms with Gasteiger partial charge in [0.15, 0.2) is 0 Å². The molecule has 0 unspecified atom stereocenters. The first-order valence-corrected chi connectivity index (χ1v) is 7.59. The van der Waals surface area contributed by atoms with Crippen LogP contribution in [0, 0.1) is 12.7 Å². The molecule has 5 heteroatoms. The van der Waals surface area contributed by atoms with Crippen molar-refractivity contribution in [1.82, 2.24) is 4.98 Å². The summed E-state index contributed by atoms with van der Waals surface area (Å²) in [6, 6.07) is 5.42. The molecule has 0 spiro atoms. The van der Waals surface area contributed by atoms with Crippen LogP contribution in [0.25, 0.3) is 0 Å². The Morgan fingerprint density at radius 1 is 1.26 bits per heavy atom. The van der Waals surface area contributed by atoms with Gasteiger partial charge in [-0.25, -0.2) is 4.39 Å². The van der Waals surface area contributed by atoms with E-state index >= 15 is 0 Å². The number of rotatable bonds is 4. The Hall–Kier alpha value is -0.940. The van der Waals surface area contributed by atoms with Crippen LogP contribution in [0.15, 0.2) is 35.1 Å². The minimum absolute atomic E-state index is 0.299. The fourth-order valence-corrected chi connectivity index (χ4v) is 2.83. The molecule has 0 saturated carbocycles. The summed E-state index contributed by atoms with van der Waals surface area (Å²) in [7, 11) is 0. The predicted molar refractivity (Wildman–Crippen MR) is 80.0 cm³/mol. The number of benzene rings is 1. The van der Waals surface area contributed by atoms with Crippen LogP contribution in [0.5, 0.6) is 5.75 Å². The van der Waals surface area contributed by atoms with Crippen LogP contribution in [0.1, 0.15) is 16.7 Å². The molecular formula is C14H12Br2FNO. The van der Waals surface area contributed by atoms with Crippen LogP contribution >= 0.6 is 31.9 Å². The Kier molecular flexibility index (Phi) is 4.93. The summed E-state index contributed by atoms with van der Waals surface area (Å²) in [5.41, 5.74) is 2.80. The minimum atomic E-state index is -0.352. The van der Waals surface area contributed by atoms with E-state index in [4.69, 9.17) is 4.74 Å². The van der Waals surface area contributed by atoms with E-state index in [0.29, 0.717) is 17.5 Å². The van der Waals surface area contributed by atoms with Gasteiger partial charge in [0.05, 0.1) is 6.20 Å². The molecule has 1 heterocycles. The number of halogens is 3. The first-order valence-electron chi connectivity index (χ1n) is 5.67. The van der Waals surface area contributed by atoms with Gasteiger partial charge in [0.25, 0.3) is 0 Å². The highest BCUT2D eigenvalue weighted by Crippen LogP contribution is 2.30. The molecule has 0 N–H and O–H groups in total. The Morgan fingerprint density at radius 3 is 2.74 bits per heavy atom. The summed E-state index contributed by atoms with van der Waals surface area (Å²) < 4.78 is 19.8. The van der Waals surface area contributed by atoms with Crippen molar-refractivity contribution >= 4 is 31.9 Å². The lowest BCUT2D eigenvalue weighted by atomic mass is 10.1. The zero-order valence-electron chi connectivity index (χ0n) is 10.3. The molecule has 0 aliphatic rings. The minimum Gasteiger partial charge on any atom is -0.488 e.